The Bertz CT molecular complexity index is 452. The van der Waals surface area contributed by atoms with Crippen LogP contribution >= 0.6 is 0 Å². The van der Waals surface area contributed by atoms with Crippen molar-refractivity contribution in [3.8, 4) is 17.6 Å². The Hall–Kier alpha value is -1.54. The van der Waals surface area contributed by atoms with Gasteiger partial charge in [-0.3, -0.25) is 0 Å². The fraction of sp³-hybridized carbons (Fsp3) is 0.500. The van der Waals surface area contributed by atoms with Gasteiger partial charge in [0.2, 0.25) is 0 Å². The molecule has 4 heteroatoms. The summed E-state index contributed by atoms with van der Waals surface area (Å²) in [5, 5.41) is 9.92. The van der Waals surface area contributed by atoms with E-state index in [-0.39, 0.29) is 12.9 Å². The van der Waals surface area contributed by atoms with E-state index in [4.69, 9.17) is 14.2 Å². The van der Waals surface area contributed by atoms with E-state index in [0.29, 0.717) is 0 Å². The molecular formula is C16H20O4. The predicted molar refractivity (Wildman–Crippen MR) is 75.3 cm³/mol. The van der Waals surface area contributed by atoms with Gasteiger partial charge in [0.05, 0.1) is 7.11 Å². The van der Waals surface area contributed by atoms with Gasteiger partial charge >= 0.3 is 0 Å². The summed E-state index contributed by atoms with van der Waals surface area (Å²) in [5.74, 6) is 6.34. The summed E-state index contributed by atoms with van der Waals surface area (Å²) < 4.78 is 16.0. The highest BCUT2D eigenvalue weighted by Gasteiger charge is 2.12. The molecule has 1 aliphatic heterocycles. The van der Waals surface area contributed by atoms with Crippen LogP contribution in [-0.4, -0.2) is 31.7 Å². The highest BCUT2D eigenvalue weighted by atomic mass is 16.7. The molecule has 108 valence electrons. The van der Waals surface area contributed by atoms with Crippen LogP contribution in [0.2, 0.25) is 0 Å². The van der Waals surface area contributed by atoms with E-state index in [1.807, 2.05) is 0 Å². The third-order valence-corrected chi connectivity index (χ3v) is 3.15. The molecule has 0 aromatic heterocycles. The summed E-state index contributed by atoms with van der Waals surface area (Å²) >= 11 is 0. The zero-order valence-electron chi connectivity index (χ0n) is 11.7. The van der Waals surface area contributed by atoms with Crippen molar-refractivity contribution in [3.63, 3.8) is 0 Å². The number of hydrogen-bond donors (Lipinski definition) is 1. The summed E-state index contributed by atoms with van der Waals surface area (Å²) in [7, 11) is 1.61. The Kier molecular flexibility index (Phi) is 5.87. The van der Waals surface area contributed by atoms with Gasteiger partial charge in [-0.15, -0.1) is 0 Å². The van der Waals surface area contributed by atoms with Crippen LogP contribution in [0.15, 0.2) is 24.3 Å². The van der Waals surface area contributed by atoms with E-state index in [1.165, 1.54) is 0 Å². The van der Waals surface area contributed by atoms with Crippen LogP contribution in [-0.2, 0) is 9.47 Å². The van der Waals surface area contributed by atoms with Gasteiger partial charge in [-0.05, 0) is 37.0 Å². The topological polar surface area (TPSA) is 47.9 Å². The van der Waals surface area contributed by atoms with E-state index in [9.17, 15) is 5.11 Å². The van der Waals surface area contributed by atoms with E-state index in [0.717, 1.165) is 37.2 Å². The number of aliphatic hydroxyl groups is 1. The first-order chi connectivity index (χ1) is 9.79. The van der Waals surface area contributed by atoms with Gasteiger partial charge in [0.25, 0.3) is 0 Å². The van der Waals surface area contributed by atoms with Crippen molar-refractivity contribution in [3.05, 3.63) is 29.8 Å². The summed E-state index contributed by atoms with van der Waals surface area (Å²) in [5.41, 5.74) is 0.743. The number of aliphatic hydroxyl groups excluding tert-OH is 1. The number of methoxy groups -OCH3 is 1. The minimum atomic E-state index is -0.809. The van der Waals surface area contributed by atoms with Crippen LogP contribution in [0.4, 0.5) is 0 Å². The number of benzene rings is 1. The SMILES string of the molecule is COc1ccc(C(O)C#CCOC2CCCCO2)cc1. The average Bonchev–Trinajstić information content (AvgIpc) is 2.52. The molecule has 0 amide bonds. The van der Waals surface area contributed by atoms with E-state index in [2.05, 4.69) is 11.8 Å². The Morgan fingerprint density at radius 1 is 1.35 bits per heavy atom. The zero-order valence-corrected chi connectivity index (χ0v) is 11.7. The van der Waals surface area contributed by atoms with Crippen molar-refractivity contribution in [1.29, 1.82) is 0 Å². The molecule has 1 heterocycles. The van der Waals surface area contributed by atoms with Gasteiger partial charge in [0, 0.05) is 6.61 Å². The lowest BCUT2D eigenvalue weighted by Gasteiger charge is -2.21. The molecule has 0 aliphatic carbocycles. The van der Waals surface area contributed by atoms with Gasteiger partial charge in [-0.1, -0.05) is 24.0 Å². The molecule has 1 saturated heterocycles. The molecule has 0 saturated carbocycles. The molecular weight excluding hydrogens is 256 g/mol. The smallest absolute Gasteiger partial charge is 0.158 e. The fourth-order valence-corrected chi connectivity index (χ4v) is 1.99. The molecule has 1 aliphatic rings. The molecule has 1 N–H and O–H groups in total. The number of hydrogen-bond acceptors (Lipinski definition) is 4. The minimum Gasteiger partial charge on any atom is -0.497 e. The monoisotopic (exact) mass is 276 g/mol. The first-order valence-corrected chi connectivity index (χ1v) is 6.83. The Balaban J connectivity index is 1.78. The molecule has 2 unspecified atom stereocenters. The first kappa shape index (κ1) is 14.9. The quantitative estimate of drug-likeness (QED) is 0.857. The normalized spacial score (nSPS) is 19.8. The van der Waals surface area contributed by atoms with Crippen molar-refractivity contribution in [2.45, 2.75) is 31.7 Å². The standard InChI is InChI=1S/C16H20O4/c1-18-14-9-7-13(8-10-14)15(17)5-4-12-20-16-6-2-3-11-19-16/h7-10,15-17H,2-3,6,11-12H2,1H3. The zero-order chi connectivity index (χ0) is 14.2. The second-order valence-electron chi connectivity index (χ2n) is 4.60. The van der Waals surface area contributed by atoms with E-state index < -0.39 is 6.10 Å². The molecule has 2 rings (SSSR count). The van der Waals surface area contributed by atoms with Crippen molar-refractivity contribution < 1.29 is 19.3 Å². The van der Waals surface area contributed by atoms with Crippen LogP contribution in [0.1, 0.15) is 30.9 Å². The van der Waals surface area contributed by atoms with Crippen LogP contribution < -0.4 is 4.74 Å². The van der Waals surface area contributed by atoms with E-state index in [1.54, 1.807) is 31.4 Å². The van der Waals surface area contributed by atoms with Crippen molar-refractivity contribution in [2.24, 2.45) is 0 Å². The number of rotatable bonds is 4. The highest BCUT2D eigenvalue weighted by molar-refractivity contribution is 5.31. The highest BCUT2D eigenvalue weighted by Crippen LogP contribution is 2.17. The van der Waals surface area contributed by atoms with Crippen molar-refractivity contribution in [1.82, 2.24) is 0 Å². The molecule has 0 radical (unpaired) electrons. The van der Waals surface area contributed by atoms with Gasteiger partial charge in [0.15, 0.2) is 6.29 Å². The maximum atomic E-state index is 9.92. The Morgan fingerprint density at radius 2 is 2.15 bits per heavy atom. The first-order valence-electron chi connectivity index (χ1n) is 6.83. The average molecular weight is 276 g/mol. The fourth-order valence-electron chi connectivity index (χ4n) is 1.99. The predicted octanol–water partition coefficient (Wildman–Crippen LogP) is 2.28. The molecule has 0 spiro atoms. The van der Waals surface area contributed by atoms with Crippen LogP contribution in [0.3, 0.4) is 0 Å². The molecule has 0 bridgehead atoms. The number of ether oxygens (including phenoxy) is 3. The van der Waals surface area contributed by atoms with Crippen LogP contribution in [0, 0.1) is 11.8 Å². The Morgan fingerprint density at radius 3 is 2.80 bits per heavy atom. The summed E-state index contributed by atoms with van der Waals surface area (Å²) in [4.78, 5) is 0. The second kappa shape index (κ2) is 7.91. The third kappa shape index (κ3) is 4.53. The molecule has 20 heavy (non-hydrogen) atoms. The van der Waals surface area contributed by atoms with Crippen LogP contribution in [0.5, 0.6) is 5.75 Å². The van der Waals surface area contributed by atoms with Gasteiger partial charge in [-0.2, -0.15) is 0 Å². The lowest BCUT2D eigenvalue weighted by atomic mass is 10.1. The lowest BCUT2D eigenvalue weighted by molar-refractivity contribution is -0.154. The molecule has 2 atom stereocenters. The summed E-state index contributed by atoms with van der Waals surface area (Å²) in [6.07, 6.45) is 2.20. The molecule has 4 nitrogen and oxygen atoms in total. The van der Waals surface area contributed by atoms with Crippen LogP contribution in [0.25, 0.3) is 0 Å². The lowest BCUT2D eigenvalue weighted by Crippen LogP contribution is -2.22. The molecule has 1 aromatic rings. The van der Waals surface area contributed by atoms with Gasteiger partial charge in [-0.25, -0.2) is 0 Å². The largest absolute Gasteiger partial charge is 0.497 e. The Labute approximate surface area is 119 Å². The minimum absolute atomic E-state index is 0.142. The van der Waals surface area contributed by atoms with Gasteiger partial charge in [0.1, 0.15) is 18.5 Å². The summed E-state index contributed by atoms with van der Waals surface area (Å²) in [6.45, 7) is 1.03. The van der Waals surface area contributed by atoms with Crippen molar-refractivity contribution >= 4 is 0 Å². The third-order valence-electron chi connectivity index (χ3n) is 3.15. The molecule has 1 fully saturated rings. The van der Waals surface area contributed by atoms with E-state index >= 15 is 0 Å². The van der Waals surface area contributed by atoms with Crippen molar-refractivity contribution in [2.75, 3.05) is 20.3 Å². The van der Waals surface area contributed by atoms with Gasteiger partial charge < -0.3 is 19.3 Å². The maximum absolute atomic E-state index is 9.92. The molecule has 1 aromatic carbocycles. The summed E-state index contributed by atoms with van der Waals surface area (Å²) in [6, 6.07) is 7.19. The second-order valence-corrected chi connectivity index (χ2v) is 4.60. The maximum Gasteiger partial charge on any atom is 0.158 e.